The lowest BCUT2D eigenvalue weighted by Crippen LogP contribution is -2.27. The standard InChI is InChI=1S/C45H69O7P/c1-40(2,3)34-28(25-46)19-22-31(37(34)43(10,11)12)50-53(49,51-32-23-20-29(26-47)35(41(4,5)6)38(32)44(13,14)15)52-33-24-21-30(27-48)36(42(7,8)9)39(33)45(16,17)18/h19-24,46-48H,25-27H2,1-18H3. The number of hydrogen-bond donors (Lipinski definition) is 3. The fraction of sp³-hybridized carbons (Fsp3) is 0.600. The van der Waals surface area contributed by atoms with Gasteiger partial charge in [0.1, 0.15) is 17.2 Å². The minimum Gasteiger partial charge on any atom is -0.392 e. The second-order valence-electron chi connectivity index (χ2n) is 20.6. The van der Waals surface area contributed by atoms with E-state index in [1.165, 1.54) is 0 Å². The molecule has 0 saturated carbocycles. The molecule has 0 saturated heterocycles. The third-order valence-corrected chi connectivity index (χ3v) is 10.7. The Kier molecular flexibility index (Phi) is 12.6. The van der Waals surface area contributed by atoms with Crippen LogP contribution < -0.4 is 13.6 Å². The van der Waals surface area contributed by atoms with Crippen molar-refractivity contribution in [3.8, 4) is 17.2 Å². The average Bonchev–Trinajstić information content (AvgIpc) is 2.97. The SMILES string of the molecule is CC(C)(C)c1c(CO)ccc(OP(=O)(Oc2ccc(CO)c(C(C)(C)C)c2C(C)(C)C)Oc2ccc(CO)c(C(C)(C)C)c2C(C)(C)C)c1C(C)(C)C. The average molecular weight is 753 g/mol. The van der Waals surface area contributed by atoms with Crippen molar-refractivity contribution >= 4 is 7.82 Å². The molecule has 3 aromatic rings. The quantitative estimate of drug-likeness (QED) is 0.187. The van der Waals surface area contributed by atoms with Crippen LogP contribution in [0.5, 0.6) is 17.2 Å². The van der Waals surface area contributed by atoms with E-state index in [9.17, 15) is 15.3 Å². The fourth-order valence-corrected chi connectivity index (χ4v) is 9.02. The topological polar surface area (TPSA) is 105 Å². The first kappa shape index (κ1) is 44.6. The smallest absolute Gasteiger partial charge is 0.392 e. The van der Waals surface area contributed by atoms with Gasteiger partial charge in [0.2, 0.25) is 0 Å². The number of phosphoric acid groups is 1. The van der Waals surface area contributed by atoms with Gasteiger partial charge in [-0.1, -0.05) is 143 Å². The first-order valence-corrected chi connectivity index (χ1v) is 20.3. The zero-order valence-electron chi connectivity index (χ0n) is 36.0. The van der Waals surface area contributed by atoms with Crippen molar-refractivity contribution in [1.29, 1.82) is 0 Å². The number of aliphatic hydroxyl groups is 3. The van der Waals surface area contributed by atoms with Gasteiger partial charge >= 0.3 is 7.82 Å². The number of rotatable bonds is 9. The van der Waals surface area contributed by atoms with Gasteiger partial charge in [0.25, 0.3) is 0 Å². The van der Waals surface area contributed by atoms with Crippen molar-refractivity contribution in [2.24, 2.45) is 0 Å². The minimum atomic E-state index is -4.65. The van der Waals surface area contributed by atoms with Gasteiger partial charge < -0.3 is 28.9 Å². The molecule has 0 unspecified atom stereocenters. The fourth-order valence-electron chi connectivity index (χ4n) is 7.72. The predicted octanol–water partition coefficient (Wildman–Crippen LogP) is 11.6. The summed E-state index contributed by atoms with van der Waals surface area (Å²) < 4.78 is 36.1. The van der Waals surface area contributed by atoms with Gasteiger partial charge in [-0.05, 0) is 84.1 Å². The molecular weight excluding hydrogens is 683 g/mol. The molecule has 3 rings (SSSR count). The zero-order chi connectivity index (χ0) is 40.9. The Morgan fingerprint density at radius 3 is 0.717 bits per heavy atom. The van der Waals surface area contributed by atoms with E-state index < -0.39 is 40.3 Å². The normalized spacial score (nSPS) is 13.7. The van der Waals surface area contributed by atoms with Crippen LogP contribution >= 0.6 is 7.82 Å². The van der Waals surface area contributed by atoms with Crippen molar-refractivity contribution in [1.82, 2.24) is 0 Å². The number of benzene rings is 3. The summed E-state index contributed by atoms with van der Waals surface area (Å²) in [5.74, 6) is 1.01. The molecule has 0 fully saturated rings. The van der Waals surface area contributed by atoms with Gasteiger partial charge in [0, 0.05) is 16.7 Å². The molecule has 296 valence electrons. The summed E-state index contributed by atoms with van der Waals surface area (Å²) in [4.78, 5) is 0. The van der Waals surface area contributed by atoms with Crippen LogP contribution in [-0.4, -0.2) is 15.3 Å². The molecule has 0 aromatic heterocycles. The molecule has 53 heavy (non-hydrogen) atoms. The Morgan fingerprint density at radius 1 is 0.377 bits per heavy atom. The molecule has 0 aliphatic rings. The highest BCUT2D eigenvalue weighted by Gasteiger charge is 2.42. The van der Waals surface area contributed by atoms with Crippen molar-refractivity contribution in [2.75, 3.05) is 0 Å². The van der Waals surface area contributed by atoms with Gasteiger partial charge in [0.15, 0.2) is 0 Å². The highest BCUT2D eigenvalue weighted by Crippen LogP contribution is 2.57. The molecule has 0 radical (unpaired) electrons. The second-order valence-corrected chi connectivity index (χ2v) is 22.1. The molecular formula is C45H69O7P. The summed E-state index contributed by atoms with van der Waals surface area (Å²) in [7, 11) is -4.65. The third kappa shape index (κ3) is 9.89. The highest BCUT2D eigenvalue weighted by molar-refractivity contribution is 7.49. The van der Waals surface area contributed by atoms with Crippen molar-refractivity contribution in [3.05, 3.63) is 86.5 Å². The zero-order valence-corrected chi connectivity index (χ0v) is 36.9. The van der Waals surface area contributed by atoms with Crippen molar-refractivity contribution in [3.63, 3.8) is 0 Å². The van der Waals surface area contributed by atoms with Gasteiger partial charge in [-0.3, -0.25) is 0 Å². The summed E-state index contributed by atoms with van der Waals surface area (Å²) in [5, 5.41) is 31.5. The van der Waals surface area contributed by atoms with Crippen LogP contribution in [0.25, 0.3) is 0 Å². The van der Waals surface area contributed by atoms with Crippen LogP contribution in [-0.2, 0) is 56.9 Å². The Labute approximate surface area is 321 Å². The van der Waals surface area contributed by atoms with E-state index in [-0.39, 0.29) is 19.8 Å². The second kappa shape index (κ2) is 15.0. The lowest BCUT2D eigenvalue weighted by molar-refractivity contribution is 0.274. The molecule has 8 heteroatoms. The summed E-state index contributed by atoms with van der Waals surface area (Å²) >= 11 is 0. The monoisotopic (exact) mass is 752 g/mol. The maximum Gasteiger partial charge on any atom is 0.647 e. The van der Waals surface area contributed by atoms with E-state index in [0.29, 0.717) is 17.2 Å². The van der Waals surface area contributed by atoms with Gasteiger partial charge in [0.05, 0.1) is 19.8 Å². The lowest BCUT2D eigenvalue weighted by atomic mass is 9.73. The van der Waals surface area contributed by atoms with E-state index in [4.69, 9.17) is 13.6 Å². The van der Waals surface area contributed by atoms with E-state index in [1.807, 2.05) is 18.2 Å². The van der Waals surface area contributed by atoms with Crippen LogP contribution in [0.1, 0.15) is 175 Å². The minimum absolute atomic E-state index is 0.163. The molecule has 0 amide bonds. The number of aliphatic hydroxyl groups excluding tert-OH is 3. The van der Waals surface area contributed by atoms with Crippen LogP contribution in [0.3, 0.4) is 0 Å². The molecule has 7 nitrogen and oxygen atoms in total. The number of phosphoric ester groups is 1. The van der Waals surface area contributed by atoms with E-state index in [0.717, 1.165) is 50.1 Å². The maximum absolute atomic E-state index is 15.9. The third-order valence-electron chi connectivity index (χ3n) is 9.40. The highest BCUT2D eigenvalue weighted by atomic mass is 31.2. The van der Waals surface area contributed by atoms with Crippen LogP contribution in [0.2, 0.25) is 0 Å². The molecule has 3 aromatic carbocycles. The van der Waals surface area contributed by atoms with E-state index >= 15 is 4.57 Å². The van der Waals surface area contributed by atoms with E-state index in [2.05, 4.69) is 125 Å². The first-order valence-electron chi connectivity index (χ1n) is 18.8. The summed E-state index contributed by atoms with van der Waals surface area (Å²) in [6.45, 7) is 36.9. The van der Waals surface area contributed by atoms with Crippen LogP contribution in [0.4, 0.5) is 0 Å². The predicted molar refractivity (Wildman–Crippen MR) is 219 cm³/mol. The molecule has 0 atom stereocenters. The Balaban J connectivity index is 2.55. The molecule has 3 N–H and O–H groups in total. The number of hydrogen-bond acceptors (Lipinski definition) is 7. The Hall–Kier alpha value is -2.83. The molecule has 0 spiro atoms. The van der Waals surface area contributed by atoms with Crippen molar-refractivity contribution < 1.29 is 33.5 Å². The maximum atomic E-state index is 15.9. The molecule has 0 aliphatic heterocycles. The Morgan fingerprint density at radius 2 is 0.566 bits per heavy atom. The summed E-state index contributed by atoms with van der Waals surface area (Å²) in [6, 6.07) is 10.7. The van der Waals surface area contributed by atoms with Crippen molar-refractivity contribution in [2.45, 2.75) is 177 Å². The van der Waals surface area contributed by atoms with Gasteiger partial charge in [-0.15, -0.1) is 0 Å². The molecule has 0 aliphatic carbocycles. The lowest BCUT2D eigenvalue weighted by Gasteiger charge is -2.36. The van der Waals surface area contributed by atoms with Gasteiger partial charge in [-0.2, -0.15) is 4.57 Å². The molecule has 0 bridgehead atoms. The van der Waals surface area contributed by atoms with Crippen LogP contribution in [0, 0.1) is 0 Å². The summed E-state index contributed by atoms with van der Waals surface area (Å²) in [6.07, 6.45) is 0. The summed E-state index contributed by atoms with van der Waals surface area (Å²) in [5.41, 5.74) is 4.75. The first-order chi connectivity index (χ1) is 23.8. The van der Waals surface area contributed by atoms with E-state index in [1.54, 1.807) is 18.2 Å². The van der Waals surface area contributed by atoms with Gasteiger partial charge in [-0.25, -0.2) is 0 Å². The molecule has 0 heterocycles. The van der Waals surface area contributed by atoms with Crippen LogP contribution in [0.15, 0.2) is 36.4 Å². The Bertz CT molecular complexity index is 1620. The largest absolute Gasteiger partial charge is 0.647 e.